The van der Waals surface area contributed by atoms with Gasteiger partial charge in [-0.05, 0) is 70.7 Å². The Bertz CT molecular complexity index is 1260. The van der Waals surface area contributed by atoms with Gasteiger partial charge in [-0.2, -0.15) is 0 Å². The molecule has 3 aromatic rings. The lowest BCUT2D eigenvalue weighted by molar-refractivity contribution is -0.139. The van der Waals surface area contributed by atoms with Gasteiger partial charge in [-0.1, -0.05) is 18.2 Å². The van der Waals surface area contributed by atoms with E-state index in [0.717, 1.165) is 6.54 Å². The number of imidazole rings is 1. The van der Waals surface area contributed by atoms with Crippen LogP contribution in [0.15, 0.2) is 54.2 Å². The Labute approximate surface area is 199 Å². The minimum absolute atomic E-state index is 0.0669. The zero-order valence-corrected chi connectivity index (χ0v) is 20.0. The Morgan fingerprint density at radius 1 is 1.18 bits per heavy atom. The van der Waals surface area contributed by atoms with Crippen molar-refractivity contribution in [3.05, 3.63) is 71.2 Å². The van der Waals surface area contributed by atoms with E-state index < -0.39 is 17.7 Å². The van der Waals surface area contributed by atoms with Crippen molar-refractivity contribution in [3.8, 4) is 5.75 Å². The number of aliphatic hydroxyl groups is 1. The zero-order chi connectivity index (χ0) is 24.4. The molecular weight excluding hydrogens is 432 g/mol. The van der Waals surface area contributed by atoms with Gasteiger partial charge in [0.2, 0.25) is 0 Å². The number of hydrogen-bond acceptors (Lipinski definition) is 6. The molecule has 0 spiro atoms. The number of pyridine rings is 1. The van der Waals surface area contributed by atoms with Gasteiger partial charge < -0.3 is 19.6 Å². The monoisotopic (exact) mass is 462 g/mol. The fourth-order valence-electron chi connectivity index (χ4n) is 4.48. The lowest BCUT2D eigenvalue weighted by Gasteiger charge is -2.26. The Morgan fingerprint density at radius 3 is 2.71 bits per heavy atom. The van der Waals surface area contributed by atoms with Crippen molar-refractivity contribution >= 4 is 23.1 Å². The largest absolute Gasteiger partial charge is 0.505 e. The maximum Gasteiger partial charge on any atom is 0.295 e. The van der Waals surface area contributed by atoms with Gasteiger partial charge in [-0.3, -0.25) is 14.0 Å². The molecule has 1 N–H and O–H groups in total. The summed E-state index contributed by atoms with van der Waals surface area (Å²) >= 11 is 0. The van der Waals surface area contributed by atoms with E-state index in [9.17, 15) is 14.7 Å². The number of rotatable bonds is 8. The van der Waals surface area contributed by atoms with Gasteiger partial charge in [0.15, 0.2) is 5.76 Å². The minimum Gasteiger partial charge on any atom is -0.505 e. The van der Waals surface area contributed by atoms with Crippen LogP contribution in [0.4, 0.5) is 0 Å². The maximum absolute atomic E-state index is 13.3. The van der Waals surface area contributed by atoms with Crippen LogP contribution in [-0.4, -0.2) is 69.8 Å². The van der Waals surface area contributed by atoms with Gasteiger partial charge >= 0.3 is 0 Å². The lowest BCUT2D eigenvalue weighted by atomic mass is 9.96. The number of amides is 1. The molecule has 3 heterocycles. The van der Waals surface area contributed by atoms with Crippen molar-refractivity contribution in [2.45, 2.75) is 26.3 Å². The standard InChI is InChI=1S/C26H30N4O4/c1-5-34-19-11-8-10-18(16-19)23-21(25(32)26(33)30(23)15-9-13-28(3)4)24(31)22-17(2)27-20-12-6-7-14-29(20)22/h6-8,10-12,14,16,23,31H,5,9,13,15H2,1-4H3/b24-21+. The SMILES string of the molecule is CCOc1cccc(C2/C(=C(\O)c3c(C)nc4ccccn34)C(=O)C(=O)N2CCCN(C)C)c1. The molecule has 1 fully saturated rings. The number of carbonyl (C=O) groups excluding carboxylic acids is 2. The number of fused-ring (bicyclic) bond motifs is 1. The Balaban J connectivity index is 1.88. The first-order chi connectivity index (χ1) is 16.3. The summed E-state index contributed by atoms with van der Waals surface area (Å²) in [6.07, 6.45) is 2.47. The summed E-state index contributed by atoms with van der Waals surface area (Å²) in [6, 6.07) is 12.1. The van der Waals surface area contributed by atoms with Gasteiger partial charge in [0.1, 0.15) is 17.1 Å². The third kappa shape index (κ3) is 4.28. The van der Waals surface area contributed by atoms with E-state index in [1.807, 2.05) is 68.4 Å². The van der Waals surface area contributed by atoms with E-state index in [1.165, 1.54) is 0 Å². The van der Waals surface area contributed by atoms with Crippen LogP contribution in [0.3, 0.4) is 0 Å². The molecule has 0 bridgehead atoms. The highest BCUT2D eigenvalue weighted by Crippen LogP contribution is 2.40. The first-order valence-electron chi connectivity index (χ1n) is 11.4. The second kappa shape index (κ2) is 9.69. The molecule has 0 radical (unpaired) electrons. The maximum atomic E-state index is 13.3. The van der Waals surface area contributed by atoms with E-state index in [-0.39, 0.29) is 11.3 Å². The average Bonchev–Trinajstić information content (AvgIpc) is 3.27. The molecule has 0 aliphatic carbocycles. The summed E-state index contributed by atoms with van der Waals surface area (Å²) < 4.78 is 7.40. The molecule has 0 saturated carbocycles. The molecule has 1 aliphatic rings. The second-order valence-electron chi connectivity index (χ2n) is 8.63. The molecule has 2 aromatic heterocycles. The van der Waals surface area contributed by atoms with Crippen LogP contribution in [0.25, 0.3) is 11.4 Å². The summed E-state index contributed by atoms with van der Waals surface area (Å²) in [5, 5.41) is 11.5. The van der Waals surface area contributed by atoms with Crippen molar-refractivity contribution in [3.63, 3.8) is 0 Å². The van der Waals surface area contributed by atoms with Gasteiger partial charge in [0.05, 0.1) is 23.9 Å². The first-order valence-corrected chi connectivity index (χ1v) is 11.4. The number of aryl methyl sites for hydroxylation is 1. The van der Waals surface area contributed by atoms with Crippen LogP contribution >= 0.6 is 0 Å². The van der Waals surface area contributed by atoms with Crippen molar-refractivity contribution in [1.29, 1.82) is 0 Å². The van der Waals surface area contributed by atoms with E-state index >= 15 is 0 Å². The van der Waals surface area contributed by atoms with Gasteiger partial charge in [0.25, 0.3) is 11.7 Å². The molecule has 34 heavy (non-hydrogen) atoms. The molecule has 1 aliphatic heterocycles. The first kappa shape index (κ1) is 23.5. The van der Waals surface area contributed by atoms with Crippen LogP contribution in [0.2, 0.25) is 0 Å². The topological polar surface area (TPSA) is 87.4 Å². The third-order valence-electron chi connectivity index (χ3n) is 5.96. The molecule has 1 saturated heterocycles. The average molecular weight is 463 g/mol. The minimum atomic E-state index is -0.726. The Kier molecular flexibility index (Phi) is 6.70. The highest BCUT2D eigenvalue weighted by molar-refractivity contribution is 6.46. The Morgan fingerprint density at radius 2 is 1.97 bits per heavy atom. The molecule has 1 aromatic carbocycles. The van der Waals surface area contributed by atoms with E-state index in [0.29, 0.717) is 47.9 Å². The number of aromatic nitrogens is 2. The quantitative estimate of drug-likeness (QED) is 0.314. The summed E-state index contributed by atoms with van der Waals surface area (Å²) in [5.41, 5.74) is 2.41. The Hall–Kier alpha value is -3.65. The number of ketones is 1. The molecule has 8 nitrogen and oxygen atoms in total. The highest BCUT2D eigenvalue weighted by Gasteiger charge is 2.46. The fraction of sp³-hybridized carbons (Fsp3) is 0.346. The number of Topliss-reactive ketones (excluding diaryl/α,β-unsaturated/α-hetero) is 1. The number of carbonyl (C=O) groups is 2. The second-order valence-corrected chi connectivity index (χ2v) is 8.63. The molecule has 178 valence electrons. The lowest BCUT2D eigenvalue weighted by Crippen LogP contribution is -2.32. The number of benzene rings is 1. The zero-order valence-electron chi connectivity index (χ0n) is 20.0. The number of hydrogen-bond donors (Lipinski definition) is 1. The van der Waals surface area contributed by atoms with Crippen molar-refractivity contribution < 1.29 is 19.4 Å². The fourth-order valence-corrected chi connectivity index (χ4v) is 4.48. The number of nitrogens with zero attached hydrogens (tertiary/aromatic N) is 4. The van der Waals surface area contributed by atoms with Crippen molar-refractivity contribution in [2.24, 2.45) is 0 Å². The number of likely N-dealkylation sites (tertiary alicyclic amines) is 1. The molecule has 1 unspecified atom stereocenters. The molecule has 1 atom stereocenters. The van der Waals surface area contributed by atoms with Gasteiger partial charge in [0, 0.05) is 12.7 Å². The van der Waals surface area contributed by atoms with Crippen LogP contribution in [0.1, 0.15) is 36.3 Å². The third-order valence-corrected chi connectivity index (χ3v) is 5.96. The smallest absolute Gasteiger partial charge is 0.295 e. The summed E-state index contributed by atoms with van der Waals surface area (Å²) in [5.74, 6) is -0.889. The normalized spacial score (nSPS) is 17.8. The molecule has 1 amide bonds. The van der Waals surface area contributed by atoms with Crippen molar-refractivity contribution in [2.75, 3.05) is 33.8 Å². The van der Waals surface area contributed by atoms with Crippen LogP contribution in [0.5, 0.6) is 5.75 Å². The predicted octanol–water partition coefficient (Wildman–Crippen LogP) is 3.41. The van der Waals surface area contributed by atoms with E-state index in [4.69, 9.17) is 4.74 Å². The molecule has 8 heteroatoms. The summed E-state index contributed by atoms with van der Waals surface area (Å²) in [4.78, 5) is 34.6. The van der Waals surface area contributed by atoms with Gasteiger partial charge in [-0.25, -0.2) is 4.98 Å². The van der Waals surface area contributed by atoms with E-state index in [2.05, 4.69) is 4.98 Å². The predicted molar refractivity (Wildman–Crippen MR) is 130 cm³/mol. The molecular formula is C26H30N4O4. The number of ether oxygens (including phenoxy) is 1. The van der Waals surface area contributed by atoms with Crippen LogP contribution in [0, 0.1) is 6.92 Å². The summed E-state index contributed by atoms with van der Waals surface area (Å²) in [7, 11) is 3.93. The van der Waals surface area contributed by atoms with Crippen LogP contribution in [-0.2, 0) is 9.59 Å². The van der Waals surface area contributed by atoms with Crippen LogP contribution < -0.4 is 4.74 Å². The van der Waals surface area contributed by atoms with Crippen molar-refractivity contribution in [1.82, 2.24) is 19.2 Å². The highest BCUT2D eigenvalue weighted by atomic mass is 16.5. The van der Waals surface area contributed by atoms with E-state index in [1.54, 1.807) is 22.4 Å². The summed E-state index contributed by atoms with van der Waals surface area (Å²) in [6.45, 7) is 5.32. The molecule has 4 rings (SSSR count). The van der Waals surface area contributed by atoms with Gasteiger partial charge in [-0.15, -0.1) is 0 Å². The number of aliphatic hydroxyl groups excluding tert-OH is 1.